The highest BCUT2D eigenvalue weighted by molar-refractivity contribution is 7.98. The van der Waals surface area contributed by atoms with E-state index in [0.717, 1.165) is 12.2 Å². The molecule has 6 heteroatoms. The van der Waals surface area contributed by atoms with Gasteiger partial charge in [0.05, 0.1) is 4.90 Å². The van der Waals surface area contributed by atoms with Gasteiger partial charge < -0.3 is 5.73 Å². The van der Waals surface area contributed by atoms with E-state index in [1.54, 1.807) is 43.1 Å². The lowest BCUT2D eigenvalue weighted by molar-refractivity contribution is 0.382. The first-order valence-corrected chi connectivity index (χ1v) is 9.03. The Balaban J connectivity index is 3.03. The molecule has 0 amide bonds. The smallest absolute Gasteiger partial charge is 0.243 e. The van der Waals surface area contributed by atoms with E-state index in [1.807, 2.05) is 13.2 Å². The molecule has 4 nitrogen and oxygen atoms in total. The van der Waals surface area contributed by atoms with E-state index in [2.05, 4.69) is 0 Å². The molecule has 1 rings (SSSR count). The van der Waals surface area contributed by atoms with Crippen molar-refractivity contribution < 1.29 is 8.42 Å². The van der Waals surface area contributed by atoms with Crippen LogP contribution >= 0.6 is 11.8 Å². The second-order valence-electron chi connectivity index (χ2n) is 4.46. The van der Waals surface area contributed by atoms with E-state index in [-0.39, 0.29) is 12.6 Å². The van der Waals surface area contributed by atoms with Gasteiger partial charge in [-0.3, -0.25) is 0 Å². The van der Waals surface area contributed by atoms with Gasteiger partial charge in [-0.05, 0) is 37.0 Å². The molecule has 0 saturated heterocycles. The standard InChI is InChI=1S/C13H22N2O2S2/c1-11(8-9-18-3)15(2)19(16,17)13-7-5-4-6-12(13)10-14/h4-7,11H,8-10,14H2,1-3H3. The summed E-state index contributed by atoms with van der Waals surface area (Å²) in [4.78, 5) is 0.316. The fraction of sp³-hybridized carbons (Fsp3) is 0.538. The van der Waals surface area contributed by atoms with Gasteiger partial charge in [0, 0.05) is 19.6 Å². The average Bonchev–Trinajstić information content (AvgIpc) is 2.43. The van der Waals surface area contributed by atoms with Crippen LogP contribution in [0.3, 0.4) is 0 Å². The van der Waals surface area contributed by atoms with Crippen molar-refractivity contribution in [1.29, 1.82) is 0 Å². The van der Waals surface area contributed by atoms with E-state index in [1.165, 1.54) is 4.31 Å². The molecule has 108 valence electrons. The SMILES string of the molecule is CSCCC(C)N(C)S(=O)(=O)c1ccccc1CN. The van der Waals surface area contributed by atoms with Crippen LogP contribution in [0.4, 0.5) is 0 Å². The predicted octanol–water partition coefficient (Wildman–Crippen LogP) is 1.91. The van der Waals surface area contributed by atoms with E-state index in [4.69, 9.17) is 5.73 Å². The van der Waals surface area contributed by atoms with Crippen molar-refractivity contribution in [2.45, 2.75) is 30.8 Å². The van der Waals surface area contributed by atoms with Gasteiger partial charge in [-0.2, -0.15) is 16.1 Å². The first kappa shape index (κ1) is 16.5. The number of thioether (sulfide) groups is 1. The minimum absolute atomic E-state index is 0.0247. The lowest BCUT2D eigenvalue weighted by atomic mass is 10.2. The first-order valence-electron chi connectivity index (χ1n) is 6.20. The second-order valence-corrected chi connectivity index (χ2v) is 7.42. The Morgan fingerprint density at radius 1 is 1.37 bits per heavy atom. The number of hydrogen-bond donors (Lipinski definition) is 1. The first-order chi connectivity index (χ1) is 8.95. The maximum Gasteiger partial charge on any atom is 0.243 e. The summed E-state index contributed by atoms with van der Waals surface area (Å²) in [7, 11) is -1.83. The van der Waals surface area contributed by atoms with Crippen molar-refractivity contribution in [3.63, 3.8) is 0 Å². The molecule has 2 N–H and O–H groups in total. The minimum Gasteiger partial charge on any atom is -0.326 e. The van der Waals surface area contributed by atoms with Crippen LogP contribution in [0.25, 0.3) is 0 Å². The summed E-state index contributed by atoms with van der Waals surface area (Å²) in [6.07, 6.45) is 2.85. The van der Waals surface area contributed by atoms with Gasteiger partial charge in [0.25, 0.3) is 0 Å². The van der Waals surface area contributed by atoms with Crippen LogP contribution in [-0.4, -0.2) is 37.8 Å². The number of nitrogens with zero attached hydrogens (tertiary/aromatic N) is 1. The van der Waals surface area contributed by atoms with Crippen LogP contribution < -0.4 is 5.73 Å². The van der Waals surface area contributed by atoms with Gasteiger partial charge in [0.2, 0.25) is 10.0 Å². The summed E-state index contributed by atoms with van der Waals surface area (Å²) in [6.45, 7) is 2.15. The Hall–Kier alpha value is -0.560. The van der Waals surface area contributed by atoms with Crippen molar-refractivity contribution in [1.82, 2.24) is 4.31 Å². The molecule has 0 heterocycles. The number of rotatable bonds is 7. The highest BCUT2D eigenvalue weighted by Crippen LogP contribution is 2.21. The minimum atomic E-state index is -3.47. The molecule has 1 unspecified atom stereocenters. The van der Waals surface area contributed by atoms with Gasteiger partial charge in [-0.1, -0.05) is 18.2 Å². The average molecular weight is 302 g/mol. The summed E-state index contributed by atoms with van der Waals surface area (Å²) in [5, 5.41) is 0. The van der Waals surface area contributed by atoms with Crippen LogP contribution in [0.5, 0.6) is 0 Å². The van der Waals surface area contributed by atoms with Gasteiger partial charge in [0.1, 0.15) is 0 Å². The van der Waals surface area contributed by atoms with Crippen molar-refractivity contribution in [2.24, 2.45) is 5.73 Å². The molecule has 1 aromatic rings. The molecule has 0 spiro atoms. The molecule has 0 aliphatic heterocycles. The Morgan fingerprint density at radius 3 is 2.58 bits per heavy atom. The summed E-state index contributed by atoms with van der Waals surface area (Å²) in [6, 6.07) is 6.89. The fourth-order valence-corrected chi connectivity index (χ4v) is 3.99. The lowest BCUT2D eigenvalue weighted by Crippen LogP contribution is -2.36. The van der Waals surface area contributed by atoms with Crippen molar-refractivity contribution in [3.8, 4) is 0 Å². The number of hydrogen-bond acceptors (Lipinski definition) is 4. The van der Waals surface area contributed by atoms with Crippen molar-refractivity contribution in [3.05, 3.63) is 29.8 Å². The van der Waals surface area contributed by atoms with Crippen LogP contribution in [0, 0.1) is 0 Å². The normalized spacial score (nSPS) is 13.7. The molecule has 0 aromatic heterocycles. The highest BCUT2D eigenvalue weighted by Gasteiger charge is 2.26. The lowest BCUT2D eigenvalue weighted by Gasteiger charge is -2.25. The highest BCUT2D eigenvalue weighted by atomic mass is 32.2. The monoisotopic (exact) mass is 302 g/mol. The van der Waals surface area contributed by atoms with Gasteiger partial charge in [-0.15, -0.1) is 0 Å². The van der Waals surface area contributed by atoms with Gasteiger partial charge in [0.15, 0.2) is 0 Å². The Kier molecular flexibility index (Phi) is 6.32. The molecule has 0 radical (unpaired) electrons. The van der Waals surface area contributed by atoms with Crippen LogP contribution in [0.1, 0.15) is 18.9 Å². The number of benzene rings is 1. The molecule has 0 fully saturated rings. The predicted molar refractivity (Wildman–Crippen MR) is 81.7 cm³/mol. The summed E-state index contributed by atoms with van der Waals surface area (Å²) < 4.78 is 26.6. The van der Waals surface area contributed by atoms with E-state index in [9.17, 15) is 8.42 Å². The summed E-state index contributed by atoms with van der Waals surface area (Å²) >= 11 is 1.72. The molecule has 1 aromatic carbocycles. The third-order valence-corrected chi connectivity index (χ3v) is 5.93. The van der Waals surface area contributed by atoms with E-state index >= 15 is 0 Å². The summed E-state index contributed by atoms with van der Waals surface area (Å²) in [5.74, 6) is 0.944. The van der Waals surface area contributed by atoms with Crippen LogP contribution in [-0.2, 0) is 16.6 Å². The Morgan fingerprint density at radius 2 is 2.00 bits per heavy atom. The van der Waals surface area contributed by atoms with Crippen LogP contribution in [0.15, 0.2) is 29.2 Å². The molecule has 1 atom stereocenters. The molecule has 0 saturated carbocycles. The zero-order chi connectivity index (χ0) is 14.5. The maximum absolute atomic E-state index is 12.6. The third-order valence-electron chi connectivity index (χ3n) is 3.21. The van der Waals surface area contributed by atoms with Gasteiger partial charge >= 0.3 is 0 Å². The Bertz CT molecular complexity index is 503. The fourth-order valence-electron chi connectivity index (χ4n) is 1.79. The largest absolute Gasteiger partial charge is 0.326 e. The molecule has 19 heavy (non-hydrogen) atoms. The molecular weight excluding hydrogens is 280 g/mol. The molecule has 0 aliphatic carbocycles. The Labute approximate surface area is 120 Å². The van der Waals surface area contributed by atoms with Crippen LogP contribution in [0.2, 0.25) is 0 Å². The van der Waals surface area contributed by atoms with E-state index in [0.29, 0.717) is 10.5 Å². The zero-order valence-corrected chi connectivity index (χ0v) is 13.3. The number of sulfonamides is 1. The second kappa shape index (κ2) is 7.28. The zero-order valence-electron chi connectivity index (χ0n) is 11.7. The maximum atomic E-state index is 12.6. The van der Waals surface area contributed by atoms with Crippen molar-refractivity contribution >= 4 is 21.8 Å². The van der Waals surface area contributed by atoms with E-state index < -0.39 is 10.0 Å². The van der Waals surface area contributed by atoms with Gasteiger partial charge in [-0.25, -0.2) is 8.42 Å². The molecule has 0 aliphatic rings. The third kappa shape index (κ3) is 3.95. The summed E-state index contributed by atoms with van der Waals surface area (Å²) in [5.41, 5.74) is 6.28. The molecular formula is C13H22N2O2S2. The topological polar surface area (TPSA) is 63.4 Å². The molecule has 0 bridgehead atoms. The quantitative estimate of drug-likeness (QED) is 0.835. The number of nitrogens with two attached hydrogens (primary N) is 1. The van der Waals surface area contributed by atoms with Crippen molar-refractivity contribution in [2.75, 3.05) is 19.1 Å².